The van der Waals surface area contributed by atoms with Crippen molar-refractivity contribution < 1.29 is 4.79 Å². The number of hydrogen-bond donors (Lipinski definition) is 1. The first-order valence-electron chi connectivity index (χ1n) is 11.8. The van der Waals surface area contributed by atoms with E-state index < -0.39 is 0 Å². The number of thioether (sulfide) groups is 1. The van der Waals surface area contributed by atoms with E-state index in [1.54, 1.807) is 4.68 Å². The van der Waals surface area contributed by atoms with E-state index in [0.29, 0.717) is 11.7 Å². The molecule has 9 heteroatoms. The molecule has 0 bridgehead atoms. The second-order valence-corrected chi connectivity index (χ2v) is 9.44. The molecule has 5 aromatic rings. The summed E-state index contributed by atoms with van der Waals surface area (Å²) in [6, 6.07) is 20.3. The van der Waals surface area contributed by atoms with Gasteiger partial charge in [0.25, 0.3) is 0 Å². The molecule has 36 heavy (non-hydrogen) atoms. The number of para-hydroxylation sites is 1. The smallest absolute Gasteiger partial charge is 0.234 e. The fourth-order valence-electron chi connectivity index (χ4n) is 4.26. The Morgan fingerprint density at radius 1 is 1.03 bits per heavy atom. The number of pyridine rings is 1. The van der Waals surface area contributed by atoms with Crippen LogP contribution in [0, 0.1) is 13.8 Å². The van der Waals surface area contributed by atoms with Crippen LogP contribution in [0.2, 0.25) is 0 Å². The number of carbonyl (C=O) groups excluding carboxylic acids is 1. The third-order valence-corrected chi connectivity index (χ3v) is 7.13. The van der Waals surface area contributed by atoms with Crippen molar-refractivity contribution in [2.45, 2.75) is 32.5 Å². The largest absolute Gasteiger partial charge is 0.322 e. The predicted molar refractivity (Wildman–Crippen MR) is 144 cm³/mol. The number of hydrogen-bond acceptors (Lipinski definition) is 6. The van der Waals surface area contributed by atoms with Gasteiger partial charge in [-0.2, -0.15) is 5.10 Å². The van der Waals surface area contributed by atoms with Crippen LogP contribution in [0.1, 0.15) is 18.3 Å². The molecule has 2 aromatic carbocycles. The van der Waals surface area contributed by atoms with E-state index in [-0.39, 0.29) is 11.7 Å². The zero-order chi connectivity index (χ0) is 25.2. The van der Waals surface area contributed by atoms with Crippen LogP contribution >= 0.6 is 11.8 Å². The van der Waals surface area contributed by atoms with Gasteiger partial charge >= 0.3 is 0 Å². The molecule has 0 aliphatic carbocycles. The highest BCUT2D eigenvalue weighted by atomic mass is 32.2. The number of anilines is 1. The fraction of sp³-hybridized carbons (Fsp3) is 0.222. The molecule has 0 atom stereocenters. The highest BCUT2D eigenvalue weighted by molar-refractivity contribution is 7.99. The molecule has 182 valence electrons. The first kappa shape index (κ1) is 23.7. The zero-order valence-electron chi connectivity index (χ0n) is 20.7. The molecule has 1 N–H and O–H groups in total. The maximum atomic E-state index is 12.7. The minimum absolute atomic E-state index is 0.105. The summed E-state index contributed by atoms with van der Waals surface area (Å²) in [7, 11) is 1.87. The van der Waals surface area contributed by atoms with Gasteiger partial charge in [-0.1, -0.05) is 60.3 Å². The lowest BCUT2D eigenvalue weighted by Crippen LogP contribution is -2.15. The lowest BCUT2D eigenvalue weighted by atomic mass is 10.0. The van der Waals surface area contributed by atoms with Crippen molar-refractivity contribution in [2.24, 2.45) is 7.05 Å². The Bertz CT molecular complexity index is 1560. The Labute approximate surface area is 213 Å². The Morgan fingerprint density at radius 3 is 2.50 bits per heavy atom. The van der Waals surface area contributed by atoms with Crippen LogP contribution in [0.5, 0.6) is 0 Å². The molecule has 1 amide bonds. The second kappa shape index (κ2) is 9.94. The standard InChI is InChI=1S/C27H27N7OS/c1-5-34-26(30-31-27(34)36-16-24(35)29-25-17(2)32-33(4)18(25)3)21-15-23(19-11-7-6-8-12-19)28-22-14-10-9-13-20(21)22/h6-15H,5,16H2,1-4H3,(H,29,35). The van der Waals surface area contributed by atoms with Crippen molar-refractivity contribution in [1.82, 2.24) is 29.5 Å². The highest BCUT2D eigenvalue weighted by Crippen LogP contribution is 2.33. The number of benzene rings is 2. The molecule has 5 rings (SSSR count). The van der Waals surface area contributed by atoms with E-state index in [2.05, 4.69) is 56.4 Å². The number of amides is 1. The lowest BCUT2D eigenvalue weighted by Gasteiger charge is -2.12. The van der Waals surface area contributed by atoms with Gasteiger partial charge in [-0.25, -0.2) is 4.98 Å². The highest BCUT2D eigenvalue weighted by Gasteiger charge is 2.19. The molecule has 0 saturated heterocycles. The minimum atomic E-state index is -0.105. The fourth-order valence-corrected chi connectivity index (χ4v) is 5.06. The maximum Gasteiger partial charge on any atom is 0.234 e. The van der Waals surface area contributed by atoms with Gasteiger partial charge in [0.05, 0.1) is 34.0 Å². The average molecular weight is 498 g/mol. The van der Waals surface area contributed by atoms with Crippen LogP contribution < -0.4 is 5.32 Å². The van der Waals surface area contributed by atoms with Crippen LogP contribution in [0.4, 0.5) is 5.69 Å². The Balaban J connectivity index is 1.46. The van der Waals surface area contributed by atoms with Gasteiger partial charge < -0.3 is 9.88 Å². The molecule has 8 nitrogen and oxygen atoms in total. The zero-order valence-corrected chi connectivity index (χ0v) is 21.5. The van der Waals surface area contributed by atoms with Gasteiger partial charge in [0.15, 0.2) is 11.0 Å². The van der Waals surface area contributed by atoms with E-state index in [9.17, 15) is 4.79 Å². The first-order chi connectivity index (χ1) is 17.5. The van der Waals surface area contributed by atoms with Gasteiger partial charge in [-0.15, -0.1) is 10.2 Å². The molecule has 0 saturated carbocycles. The van der Waals surface area contributed by atoms with Gasteiger partial charge in [-0.3, -0.25) is 9.48 Å². The summed E-state index contributed by atoms with van der Waals surface area (Å²) in [5, 5.41) is 18.1. The number of fused-ring (bicyclic) bond motifs is 1. The van der Waals surface area contributed by atoms with E-state index >= 15 is 0 Å². The van der Waals surface area contributed by atoms with Crippen molar-refractivity contribution in [3.05, 3.63) is 72.1 Å². The third kappa shape index (κ3) is 4.49. The molecule has 0 aliphatic rings. The maximum absolute atomic E-state index is 12.7. The first-order valence-corrected chi connectivity index (χ1v) is 12.8. The van der Waals surface area contributed by atoms with Crippen LogP contribution in [-0.2, 0) is 18.4 Å². The van der Waals surface area contributed by atoms with Crippen LogP contribution in [0.3, 0.4) is 0 Å². The Morgan fingerprint density at radius 2 is 1.78 bits per heavy atom. The van der Waals surface area contributed by atoms with Crippen molar-refractivity contribution in [2.75, 3.05) is 11.1 Å². The molecule has 0 spiro atoms. The van der Waals surface area contributed by atoms with Crippen molar-refractivity contribution >= 4 is 34.3 Å². The molecule has 0 radical (unpaired) electrons. The Hall–Kier alpha value is -3.98. The van der Waals surface area contributed by atoms with Gasteiger partial charge in [0.2, 0.25) is 5.91 Å². The van der Waals surface area contributed by atoms with Crippen LogP contribution in [-0.4, -0.2) is 41.2 Å². The summed E-state index contributed by atoms with van der Waals surface area (Å²) in [5.74, 6) is 0.875. The van der Waals surface area contributed by atoms with Crippen LogP contribution in [0.15, 0.2) is 65.8 Å². The van der Waals surface area contributed by atoms with E-state index in [0.717, 1.165) is 50.6 Å². The molecular formula is C27H27N7OS. The second-order valence-electron chi connectivity index (χ2n) is 8.49. The normalized spacial score (nSPS) is 11.2. The summed E-state index contributed by atoms with van der Waals surface area (Å²) in [5.41, 5.74) is 6.26. The summed E-state index contributed by atoms with van der Waals surface area (Å²) in [6.07, 6.45) is 0. The summed E-state index contributed by atoms with van der Waals surface area (Å²) in [4.78, 5) is 17.6. The summed E-state index contributed by atoms with van der Waals surface area (Å²) >= 11 is 1.37. The molecule has 0 aliphatic heterocycles. The number of aryl methyl sites for hydroxylation is 2. The van der Waals surface area contributed by atoms with Crippen molar-refractivity contribution in [3.8, 4) is 22.6 Å². The van der Waals surface area contributed by atoms with Gasteiger partial charge in [0.1, 0.15) is 0 Å². The quantitative estimate of drug-likeness (QED) is 0.309. The number of aromatic nitrogens is 6. The Kier molecular flexibility index (Phi) is 6.56. The summed E-state index contributed by atoms with van der Waals surface area (Å²) < 4.78 is 3.82. The van der Waals surface area contributed by atoms with E-state index in [1.807, 2.05) is 57.3 Å². The number of rotatable bonds is 7. The predicted octanol–water partition coefficient (Wildman–Crippen LogP) is 5.26. The SMILES string of the molecule is CCn1c(SCC(=O)Nc2c(C)nn(C)c2C)nnc1-c1cc(-c2ccccc2)nc2ccccc12. The molecule has 3 aromatic heterocycles. The topological polar surface area (TPSA) is 90.5 Å². The van der Waals surface area contributed by atoms with E-state index in [1.165, 1.54) is 11.8 Å². The van der Waals surface area contributed by atoms with Crippen LogP contribution in [0.25, 0.3) is 33.5 Å². The molecule has 3 heterocycles. The number of nitrogens with one attached hydrogen (secondary N) is 1. The van der Waals surface area contributed by atoms with Crippen molar-refractivity contribution in [3.63, 3.8) is 0 Å². The summed E-state index contributed by atoms with van der Waals surface area (Å²) in [6.45, 7) is 6.55. The number of nitrogens with zero attached hydrogens (tertiary/aromatic N) is 6. The van der Waals surface area contributed by atoms with E-state index in [4.69, 9.17) is 4.98 Å². The number of carbonyl (C=O) groups is 1. The molecule has 0 unspecified atom stereocenters. The molecular weight excluding hydrogens is 470 g/mol. The third-order valence-electron chi connectivity index (χ3n) is 6.17. The monoisotopic (exact) mass is 497 g/mol. The van der Waals surface area contributed by atoms with Crippen molar-refractivity contribution in [1.29, 1.82) is 0 Å². The van der Waals surface area contributed by atoms with Gasteiger partial charge in [0, 0.05) is 30.1 Å². The molecule has 0 fully saturated rings. The lowest BCUT2D eigenvalue weighted by molar-refractivity contribution is -0.113. The minimum Gasteiger partial charge on any atom is -0.322 e. The average Bonchev–Trinajstić information content (AvgIpc) is 3.42. The van der Waals surface area contributed by atoms with Gasteiger partial charge in [-0.05, 0) is 32.9 Å².